The molecule has 2 aliphatic heterocycles. The lowest BCUT2D eigenvalue weighted by Gasteiger charge is -2.23. The monoisotopic (exact) mass is 319 g/mol. The number of hydrogen-bond donors (Lipinski definition) is 2. The van der Waals surface area contributed by atoms with E-state index in [2.05, 4.69) is 10.6 Å². The van der Waals surface area contributed by atoms with E-state index in [1.54, 1.807) is 0 Å². The number of anilines is 1. The third-order valence-corrected chi connectivity index (χ3v) is 5.64. The molecule has 3 fully saturated rings. The van der Waals surface area contributed by atoms with Crippen molar-refractivity contribution in [1.82, 2.24) is 10.6 Å². The van der Waals surface area contributed by atoms with Crippen molar-refractivity contribution in [3.63, 3.8) is 0 Å². The Morgan fingerprint density at radius 2 is 1.77 bits per heavy atom. The molecular weight excluding hydrogens is 298 g/mol. The summed E-state index contributed by atoms with van der Waals surface area (Å²) in [5.41, 5.74) is 0.840. The average Bonchev–Trinajstić information content (AvgIpc) is 3.11. The average molecular weight is 320 g/mol. The molecule has 1 amide bonds. The second-order valence-electron chi connectivity index (χ2n) is 6.73. The van der Waals surface area contributed by atoms with Gasteiger partial charge in [-0.2, -0.15) is 0 Å². The van der Waals surface area contributed by atoms with Crippen LogP contribution in [0.4, 0.5) is 5.69 Å². The van der Waals surface area contributed by atoms with E-state index in [0.717, 1.165) is 12.2 Å². The minimum Gasteiger partial charge on any atom is -0.311 e. The standard InChI is InChI=1S/C17H22ClN3O/c18-12-5-1-4-8-15(12)21-10-11(9-16(21)22)17-19-13-6-2-3-7-14(13)20-17/h1,4-5,8,11,13-14,17,19-20H,2-3,6-7,9-10H2. The molecule has 1 aliphatic carbocycles. The summed E-state index contributed by atoms with van der Waals surface area (Å²) in [7, 11) is 0. The molecule has 1 saturated carbocycles. The van der Waals surface area contributed by atoms with Crippen LogP contribution in [0.5, 0.6) is 0 Å². The number of rotatable bonds is 2. The minimum absolute atomic E-state index is 0.177. The quantitative estimate of drug-likeness (QED) is 0.880. The topological polar surface area (TPSA) is 44.4 Å². The molecule has 0 aromatic heterocycles. The number of nitrogens with zero attached hydrogens (tertiary/aromatic N) is 1. The normalized spacial score (nSPS) is 35.0. The first-order chi connectivity index (χ1) is 10.7. The molecule has 5 heteroatoms. The zero-order chi connectivity index (χ0) is 15.1. The summed E-state index contributed by atoms with van der Waals surface area (Å²) >= 11 is 6.25. The lowest BCUT2D eigenvalue weighted by molar-refractivity contribution is -0.117. The fourth-order valence-electron chi connectivity index (χ4n) is 4.17. The van der Waals surface area contributed by atoms with Gasteiger partial charge in [0.15, 0.2) is 0 Å². The van der Waals surface area contributed by atoms with Crippen LogP contribution in [0.25, 0.3) is 0 Å². The van der Waals surface area contributed by atoms with E-state index < -0.39 is 0 Å². The van der Waals surface area contributed by atoms with Gasteiger partial charge in [-0.3, -0.25) is 15.4 Å². The van der Waals surface area contributed by atoms with Crippen LogP contribution in [0.3, 0.4) is 0 Å². The largest absolute Gasteiger partial charge is 0.311 e. The van der Waals surface area contributed by atoms with Crippen LogP contribution < -0.4 is 15.5 Å². The highest BCUT2D eigenvalue weighted by Gasteiger charge is 2.42. The van der Waals surface area contributed by atoms with E-state index >= 15 is 0 Å². The molecule has 2 heterocycles. The summed E-state index contributed by atoms with van der Waals surface area (Å²) in [6.45, 7) is 0.743. The van der Waals surface area contributed by atoms with Crippen molar-refractivity contribution in [3.8, 4) is 0 Å². The van der Waals surface area contributed by atoms with E-state index in [1.165, 1.54) is 25.7 Å². The first-order valence-electron chi connectivity index (χ1n) is 8.29. The molecule has 3 atom stereocenters. The van der Waals surface area contributed by atoms with Gasteiger partial charge < -0.3 is 4.90 Å². The first-order valence-corrected chi connectivity index (χ1v) is 8.67. The number of hydrogen-bond acceptors (Lipinski definition) is 3. The third kappa shape index (κ3) is 2.53. The van der Waals surface area contributed by atoms with Crippen molar-refractivity contribution in [3.05, 3.63) is 29.3 Å². The highest BCUT2D eigenvalue weighted by Crippen LogP contribution is 2.33. The van der Waals surface area contributed by atoms with Crippen molar-refractivity contribution in [2.75, 3.05) is 11.4 Å². The maximum Gasteiger partial charge on any atom is 0.227 e. The summed E-state index contributed by atoms with van der Waals surface area (Å²) in [4.78, 5) is 14.3. The van der Waals surface area contributed by atoms with Crippen molar-refractivity contribution >= 4 is 23.2 Å². The van der Waals surface area contributed by atoms with Crippen LogP contribution in [-0.4, -0.2) is 30.7 Å². The summed E-state index contributed by atoms with van der Waals surface area (Å²) in [6, 6.07) is 8.78. The van der Waals surface area contributed by atoms with E-state index in [0.29, 0.717) is 29.4 Å². The van der Waals surface area contributed by atoms with Crippen LogP contribution in [0.1, 0.15) is 32.1 Å². The van der Waals surface area contributed by atoms with E-state index in [4.69, 9.17) is 11.6 Å². The Balaban J connectivity index is 1.47. The van der Waals surface area contributed by atoms with Gasteiger partial charge in [0.25, 0.3) is 0 Å². The summed E-state index contributed by atoms with van der Waals surface area (Å²) in [5.74, 6) is 0.492. The molecule has 3 aliphatic rings. The van der Waals surface area contributed by atoms with Crippen molar-refractivity contribution in [2.45, 2.75) is 50.4 Å². The van der Waals surface area contributed by atoms with Crippen LogP contribution >= 0.6 is 11.6 Å². The van der Waals surface area contributed by atoms with E-state index in [1.807, 2.05) is 29.2 Å². The predicted molar refractivity (Wildman–Crippen MR) is 88.0 cm³/mol. The Morgan fingerprint density at radius 3 is 2.45 bits per heavy atom. The zero-order valence-corrected chi connectivity index (χ0v) is 13.4. The Kier molecular flexibility index (Phi) is 3.84. The summed E-state index contributed by atoms with van der Waals surface area (Å²) < 4.78 is 0. The van der Waals surface area contributed by atoms with Gasteiger partial charge in [-0.05, 0) is 25.0 Å². The number of carbonyl (C=O) groups is 1. The van der Waals surface area contributed by atoms with Gasteiger partial charge in [0, 0.05) is 31.0 Å². The Morgan fingerprint density at radius 1 is 1.09 bits per heavy atom. The van der Waals surface area contributed by atoms with Crippen LogP contribution in [0, 0.1) is 5.92 Å². The number of nitrogens with one attached hydrogen (secondary N) is 2. The number of carbonyl (C=O) groups excluding carboxylic acids is 1. The predicted octanol–water partition coefficient (Wildman–Crippen LogP) is 2.52. The molecule has 1 aromatic carbocycles. The highest BCUT2D eigenvalue weighted by molar-refractivity contribution is 6.33. The Bertz CT molecular complexity index is 565. The molecule has 0 spiro atoms. The second-order valence-corrected chi connectivity index (χ2v) is 7.14. The third-order valence-electron chi connectivity index (χ3n) is 5.32. The fraction of sp³-hybridized carbons (Fsp3) is 0.588. The van der Waals surface area contributed by atoms with Gasteiger partial charge in [0.1, 0.15) is 0 Å². The fourth-order valence-corrected chi connectivity index (χ4v) is 4.41. The lowest BCUT2D eigenvalue weighted by Crippen LogP contribution is -2.41. The van der Waals surface area contributed by atoms with Crippen molar-refractivity contribution in [2.24, 2.45) is 5.92 Å². The molecule has 118 valence electrons. The van der Waals surface area contributed by atoms with Gasteiger partial charge in [-0.1, -0.05) is 36.6 Å². The number of halogens is 1. The highest BCUT2D eigenvalue weighted by atomic mass is 35.5. The Labute approximate surface area is 136 Å². The number of amides is 1. The van der Waals surface area contributed by atoms with Crippen molar-refractivity contribution < 1.29 is 4.79 Å². The van der Waals surface area contributed by atoms with E-state index in [-0.39, 0.29) is 12.1 Å². The molecular formula is C17H22ClN3O. The lowest BCUT2D eigenvalue weighted by atomic mass is 9.92. The second kappa shape index (κ2) is 5.84. The summed E-state index contributed by atoms with van der Waals surface area (Å²) in [6.07, 6.45) is 5.99. The van der Waals surface area contributed by atoms with Gasteiger partial charge in [-0.15, -0.1) is 0 Å². The number of fused-ring (bicyclic) bond motifs is 1. The molecule has 0 radical (unpaired) electrons. The van der Waals surface area contributed by atoms with Gasteiger partial charge >= 0.3 is 0 Å². The minimum atomic E-state index is 0.177. The van der Waals surface area contributed by atoms with Gasteiger partial charge in [0.2, 0.25) is 5.91 Å². The van der Waals surface area contributed by atoms with Crippen molar-refractivity contribution in [1.29, 1.82) is 0 Å². The van der Waals surface area contributed by atoms with Crippen LogP contribution in [0.2, 0.25) is 5.02 Å². The molecule has 0 bridgehead atoms. The smallest absolute Gasteiger partial charge is 0.227 e. The molecule has 4 rings (SSSR count). The zero-order valence-electron chi connectivity index (χ0n) is 12.6. The maximum absolute atomic E-state index is 12.4. The van der Waals surface area contributed by atoms with E-state index in [9.17, 15) is 4.79 Å². The molecule has 1 aromatic rings. The van der Waals surface area contributed by atoms with Crippen LogP contribution in [0.15, 0.2) is 24.3 Å². The molecule has 4 nitrogen and oxygen atoms in total. The molecule has 22 heavy (non-hydrogen) atoms. The van der Waals surface area contributed by atoms with Gasteiger partial charge in [-0.25, -0.2) is 0 Å². The number of para-hydroxylation sites is 1. The summed E-state index contributed by atoms with van der Waals surface area (Å²) in [5, 5.41) is 8.09. The van der Waals surface area contributed by atoms with Gasteiger partial charge in [0.05, 0.1) is 16.9 Å². The SMILES string of the molecule is O=C1CC(C2NC3CCCCC3N2)CN1c1ccccc1Cl. The first kappa shape index (κ1) is 14.5. The molecule has 2 N–H and O–H groups in total. The maximum atomic E-state index is 12.4. The Hall–Kier alpha value is -1.10. The molecule has 2 saturated heterocycles. The molecule has 3 unspecified atom stereocenters. The van der Waals surface area contributed by atoms with Crippen LogP contribution in [-0.2, 0) is 4.79 Å². The number of benzene rings is 1.